The summed E-state index contributed by atoms with van der Waals surface area (Å²) in [5, 5.41) is 12.1. The molecule has 0 saturated heterocycles. The molecule has 0 aliphatic rings. The van der Waals surface area contributed by atoms with E-state index in [1.807, 2.05) is 37.4 Å². The minimum absolute atomic E-state index is 0.687. The lowest BCUT2D eigenvalue weighted by atomic mass is 10.1. The van der Waals surface area contributed by atoms with E-state index >= 15 is 0 Å². The van der Waals surface area contributed by atoms with Crippen molar-refractivity contribution in [3.8, 4) is 6.07 Å². The van der Waals surface area contributed by atoms with Gasteiger partial charge in [0.15, 0.2) is 0 Å². The van der Waals surface area contributed by atoms with E-state index in [0.717, 1.165) is 16.8 Å². The van der Waals surface area contributed by atoms with E-state index in [9.17, 15) is 0 Å². The molecule has 1 aromatic heterocycles. The lowest BCUT2D eigenvalue weighted by molar-refractivity contribution is 1.13. The Balaban J connectivity index is 2.05. The van der Waals surface area contributed by atoms with Crippen molar-refractivity contribution in [1.29, 1.82) is 5.26 Å². The van der Waals surface area contributed by atoms with Crippen LogP contribution in [0.3, 0.4) is 0 Å². The highest BCUT2D eigenvalue weighted by atomic mass is 14.9. The molecular weight excluding hydrogens is 210 g/mol. The number of pyridine rings is 1. The van der Waals surface area contributed by atoms with Gasteiger partial charge in [-0.3, -0.25) is 4.98 Å². The monoisotopic (exact) mass is 223 g/mol. The Kier molecular flexibility index (Phi) is 3.37. The van der Waals surface area contributed by atoms with Crippen LogP contribution in [0.15, 0.2) is 42.7 Å². The summed E-state index contributed by atoms with van der Waals surface area (Å²) in [5.74, 6) is 0. The first kappa shape index (κ1) is 11.2. The van der Waals surface area contributed by atoms with Gasteiger partial charge in [0, 0.05) is 18.9 Å². The molecule has 0 atom stereocenters. The molecule has 0 unspecified atom stereocenters. The molecule has 0 aliphatic carbocycles. The number of aromatic nitrogens is 1. The van der Waals surface area contributed by atoms with E-state index in [4.69, 9.17) is 5.26 Å². The van der Waals surface area contributed by atoms with E-state index < -0.39 is 0 Å². The summed E-state index contributed by atoms with van der Waals surface area (Å²) in [6.07, 6.45) is 3.61. The number of aryl methyl sites for hydroxylation is 1. The van der Waals surface area contributed by atoms with Crippen molar-refractivity contribution in [3.63, 3.8) is 0 Å². The zero-order valence-electron chi connectivity index (χ0n) is 9.64. The number of nitrogens with one attached hydrogen (secondary N) is 1. The minimum atomic E-state index is 0.687. The van der Waals surface area contributed by atoms with E-state index in [0.29, 0.717) is 12.1 Å². The van der Waals surface area contributed by atoms with Gasteiger partial charge in [0.2, 0.25) is 0 Å². The molecule has 84 valence electrons. The summed E-state index contributed by atoms with van der Waals surface area (Å²) in [7, 11) is 0. The Morgan fingerprint density at radius 3 is 2.94 bits per heavy atom. The topological polar surface area (TPSA) is 48.7 Å². The highest BCUT2D eigenvalue weighted by Gasteiger charge is 1.96. The van der Waals surface area contributed by atoms with Crippen LogP contribution >= 0.6 is 0 Å². The Labute approximate surface area is 101 Å². The molecule has 0 amide bonds. The largest absolute Gasteiger partial charge is 0.380 e. The number of hydrogen-bond acceptors (Lipinski definition) is 3. The van der Waals surface area contributed by atoms with Crippen molar-refractivity contribution in [3.05, 3.63) is 59.4 Å². The average molecular weight is 223 g/mol. The van der Waals surface area contributed by atoms with E-state index in [1.165, 1.54) is 0 Å². The third-order valence-electron chi connectivity index (χ3n) is 2.43. The molecule has 0 bridgehead atoms. The van der Waals surface area contributed by atoms with Crippen LogP contribution in [-0.4, -0.2) is 4.98 Å². The number of nitriles is 1. The minimum Gasteiger partial charge on any atom is -0.380 e. The molecule has 1 N–H and O–H groups in total. The molecule has 3 heteroatoms. The summed E-state index contributed by atoms with van der Waals surface area (Å²) in [4.78, 5) is 4.12. The van der Waals surface area contributed by atoms with E-state index in [1.54, 1.807) is 12.3 Å². The lowest BCUT2D eigenvalue weighted by Gasteiger charge is -2.06. The molecule has 2 aromatic rings. The van der Waals surface area contributed by atoms with Gasteiger partial charge >= 0.3 is 0 Å². The predicted octanol–water partition coefficient (Wildman–Crippen LogP) is 2.87. The van der Waals surface area contributed by atoms with Crippen LogP contribution in [0, 0.1) is 18.3 Å². The standard InChI is InChI=1S/C14H13N3/c1-11-5-14(10-16-8-11)17-9-13-4-2-3-12(6-13)7-15/h2-6,8,10,17H,9H2,1H3. The number of benzene rings is 1. The van der Waals surface area contributed by atoms with Crippen molar-refractivity contribution in [2.75, 3.05) is 5.32 Å². The van der Waals surface area contributed by atoms with Gasteiger partial charge < -0.3 is 5.32 Å². The Morgan fingerprint density at radius 1 is 1.29 bits per heavy atom. The van der Waals surface area contributed by atoms with Gasteiger partial charge in [0.25, 0.3) is 0 Å². The fraction of sp³-hybridized carbons (Fsp3) is 0.143. The van der Waals surface area contributed by atoms with Crippen molar-refractivity contribution in [1.82, 2.24) is 4.98 Å². The van der Waals surface area contributed by atoms with Crippen LogP contribution in [-0.2, 0) is 6.54 Å². The van der Waals surface area contributed by atoms with Gasteiger partial charge in [-0.05, 0) is 36.2 Å². The maximum atomic E-state index is 8.80. The zero-order valence-corrected chi connectivity index (χ0v) is 9.64. The first-order valence-electron chi connectivity index (χ1n) is 5.42. The van der Waals surface area contributed by atoms with Crippen LogP contribution < -0.4 is 5.32 Å². The van der Waals surface area contributed by atoms with Gasteiger partial charge in [0.1, 0.15) is 0 Å². The second-order valence-corrected chi connectivity index (χ2v) is 3.92. The highest BCUT2D eigenvalue weighted by Crippen LogP contribution is 2.10. The van der Waals surface area contributed by atoms with E-state index in [-0.39, 0.29) is 0 Å². The lowest BCUT2D eigenvalue weighted by Crippen LogP contribution is -2.00. The molecule has 2 rings (SSSR count). The van der Waals surface area contributed by atoms with Crippen molar-refractivity contribution < 1.29 is 0 Å². The third kappa shape index (κ3) is 3.05. The van der Waals surface area contributed by atoms with Crippen molar-refractivity contribution >= 4 is 5.69 Å². The van der Waals surface area contributed by atoms with Crippen LogP contribution in [0.5, 0.6) is 0 Å². The Hall–Kier alpha value is -2.34. The molecule has 3 nitrogen and oxygen atoms in total. The molecule has 1 heterocycles. The predicted molar refractivity (Wildman–Crippen MR) is 67.5 cm³/mol. The molecule has 17 heavy (non-hydrogen) atoms. The third-order valence-corrected chi connectivity index (χ3v) is 2.43. The fourth-order valence-corrected chi connectivity index (χ4v) is 1.61. The number of anilines is 1. The van der Waals surface area contributed by atoms with Crippen molar-refractivity contribution in [2.45, 2.75) is 13.5 Å². The van der Waals surface area contributed by atoms with E-state index in [2.05, 4.69) is 16.4 Å². The summed E-state index contributed by atoms with van der Waals surface area (Å²) in [6.45, 7) is 2.70. The summed E-state index contributed by atoms with van der Waals surface area (Å²) >= 11 is 0. The second kappa shape index (κ2) is 5.13. The molecule has 0 saturated carbocycles. The zero-order chi connectivity index (χ0) is 12.1. The summed E-state index contributed by atoms with van der Waals surface area (Å²) in [5.41, 5.74) is 3.89. The van der Waals surface area contributed by atoms with Gasteiger partial charge in [0.05, 0.1) is 17.3 Å². The maximum Gasteiger partial charge on any atom is 0.0991 e. The maximum absolute atomic E-state index is 8.80. The molecule has 0 fully saturated rings. The SMILES string of the molecule is Cc1cncc(NCc2cccc(C#N)c2)c1. The number of nitrogens with zero attached hydrogens (tertiary/aromatic N) is 2. The Bertz CT molecular complexity index is 555. The normalized spacial score (nSPS) is 9.65. The summed E-state index contributed by atoms with van der Waals surface area (Å²) < 4.78 is 0. The average Bonchev–Trinajstić information content (AvgIpc) is 2.37. The molecule has 0 radical (unpaired) electrons. The molecule has 1 aromatic carbocycles. The van der Waals surface area contributed by atoms with Crippen LogP contribution in [0.25, 0.3) is 0 Å². The van der Waals surface area contributed by atoms with Gasteiger partial charge in [-0.25, -0.2) is 0 Å². The van der Waals surface area contributed by atoms with Crippen LogP contribution in [0.1, 0.15) is 16.7 Å². The van der Waals surface area contributed by atoms with Crippen LogP contribution in [0.2, 0.25) is 0 Å². The van der Waals surface area contributed by atoms with Gasteiger partial charge in [-0.2, -0.15) is 5.26 Å². The first-order valence-corrected chi connectivity index (χ1v) is 5.42. The molecule has 0 aliphatic heterocycles. The second-order valence-electron chi connectivity index (χ2n) is 3.92. The fourth-order valence-electron chi connectivity index (χ4n) is 1.61. The van der Waals surface area contributed by atoms with Crippen LogP contribution in [0.4, 0.5) is 5.69 Å². The Morgan fingerprint density at radius 2 is 2.18 bits per heavy atom. The first-order chi connectivity index (χ1) is 8.28. The van der Waals surface area contributed by atoms with Gasteiger partial charge in [-0.15, -0.1) is 0 Å². The summed E-state index contributed by atoms with van der Waals surface area (Å²) in [6, 6.07) is 11.8. The quantitative estimate of drug-likeness (QED) is 0.870. The molecular formula is C14H13N3. The molecule has 0 spiro atoms. The highest BCUT2D eigenvalue weighted by molar-refractivity contribution is 5.43. The van der Waals surface area contributed by atoms with Crippen molar-refractivity contribution in [2.24, 2.45) is 0 Å². The number of hydrogen-bond donors (Lipinski definition) is 1. The van der Waals surface area contributed by atoms with Gasteiger partial charge in [-0.1, -0.05) is 12.1 Å². The number of rotatable bonds is 3. The smallest absolute Gasteiger partial charge is 0.0991 e.